The Bertz CT molecular complexity index is 544. The summed E-state index contributed by atoms with van der Waals surface area (Å²) >= 11 is 3.38. The van der Waals surface area contributed by atoms with Crippen molar-refractivity contribution in [1.29, 1.82) is 0 Å². The molecule has 3 rings (SSSR count). The molecule has 1 fully saturated rings. The minimum absolute atomic E-state index is 0.0873. The van der Waals surface area contributed by atoms with E-state index in [2.05, 4.69) is 21.2 Å². The second-order valence-corrected chi connectivity index (χ2v) is 5.91. The molecule has 21 heavy (non-hydrogen) atoms. The molecule has 6 nitrogen and oxygen atoms in total. The van der Waals surface area contributed by atoms with Gasteiger partial charge in [-0.3, -0.25) is 10.1 Å². The fourth-order valence-corrected chi connectivity index (χ4v) is 3.13. The highest BCUT2D eigenvalue weighted by atomic mass is 79.9. The van der Waals surface area contributed by atoms with Gasteiger partial charge >= 0.3 is 5.97 Å². The van der Waals surface area contributed by atoms with Crippen LogP contribution < -0.4 is 14.8 Å². The van der Waals surface area contributed by atoms with Crippen molar-refractivity contribution in [1.82, 2.24) is 5.32 Å². The van der Waals surface area contributed by atoms with Gasteiger partial charge in [0.1, 0.15) is 6.04 Å². The third-order valence-corrected chi connectivity index (χ3v) is 4.19. The van der Waals surface area contributed by atoms with Gasteiger partial charge in [0.25, 0.3) is 0 Å². The summed E-state index contributed by atoms with van der Waals surface area (Å²) in [6.45, 7) is 1.42. The summed E-state index contributed by atoms with van der Waals surface area (Å²) in [7, 11) is 0. The average molecular weight is 358 g/mol. The molecule has 0 saturated carbocycles. The van der Waals surface area contributed by atoms with Gasteiger partial charge in [0.2, 0.25) is 6.79 Å². The van der Waals surface area contributed by atoms with E-state index in [1.807, 2.05) is 0 Å². The van der Waals surface area contributed by atoms with Crippen LogP contribution in [0.4, 0.5) is 0 Å². The topological polar surface area (TPSA) is 77.0 Å². The average Bonchev–Trinajstić information content (AvgIpc) is 3.09. The Kier molecular flexibility index (Phi) is 4.32. The predicted molar refractivity (Wildman–Crippen MR) is 77.6 cm³/mol. The van der Waals surface area contributed by atoms with E-state index in [1.54, 1.807) is 12.1 Å². The normalized spacial score (nSPS) is 21.5. The number of rotatable bonds is 5. The fraction of sp³-hybridized carbons (Fsp3) is 0.500. The molecule has 7 heteroatoms. The lowest BCUT2D eigenvalue weighted by molar-refractivity contribution is -0.139. The summed E-state index contributed by atoms with van der Waals surface area (Å²) in [5, 5.41) is 12.5. The zero-order chi connectivity index (χ0) is 14.8. The van der Waals surface area contributed by atoms with Gasteiger partial charge in [0.15, 0.2) is 11.5 Å². The number of nitrogens with one attached hydrogen (secondary N) is 1. The number of carboxylic acids is 1. The van der Waals surface area contributed by atoms with E-state index in [4.69, 9.17) is 14.2 Å². The second-order valence-electron chi connectivity index (χ2n) is 5.05. The van der Waals surface area contributed by atoms with Crippen molar-refractivity contribution in [2.45, 2.75) is 25.0 Å². The number of aliphatic carboxylic acids is 1. The molecule has 0 aromatic heterocycles. The molecule has 0 spiro atoms. The minimum Gasteiger partial charge on any atom is -0.480 e. The summed E-state index contributed by atoms with van der Waals surface area (Å²) in [6.07, 6.45) is 2.08. The Morgan fingerprint density at radius 1 is 1.48 bits per heavy atom. The van der Waals surface area contributed by atoms with E-state index < -0.39 is 12.0 Å². The number of carboxylic acid groups (broad SMARTS) is 1. The zero-order valence-electron chi connectivity index (χ0n) is 11.3. The van der Waals surface area contributed by atoms with Gasteiger partial charge < -0.3 is 19.3 Å². The highest BCUT2D eigenvalue weighted by Gasteiger charge is 2.26. The predicted octanol–water partition coefficient (Wildman–Crippen LogP) is 2.07. The van der Waals surface area contributed by atoms with Crippen LogP contribution in [0, 0.1) is 0 Å². The van der Waals surface area contributed by atoms with E-state index in [-0.39, 0.29) is 12.9 Å². The van der Waals surface area contributed by atoms with Crippen molar-refractivity contribution in [3.8, 4) is 11.5 Å². The molecule has 0 amide bonds. The Morgan fingerprint density at radius 3 is 3.05 bits per heavy atom. The third kappa shape index (κ3) is 3.14. The Balaban J connectivity index is 1.77. The first-order chi connectivity index (χ1) is 10.1. The maximum Gasteiger partial charge on any atom is 0.325 e. The van der Waals surface area contributed by atoms with Crippen molar-refractivity contribution in [3.05, 3.63) is 22.2 Å². The number of halogens is 1. The number of carbonyl (C=O) groups is 1. The fourth-order valence-electron chi connectivity index (χ4n) is 2.56. The number of benzene rings is 1. The molecule has 1 saturated heterocycles. The van der Waals surface area contributed by atoms with E-state index in [0.717, 1.165) is 19.4 Å². The molecule has 2 heterocycles. The van der Waals surface area contributed by atoms with E-state index in [1.165, 1.54) is 0 Å². The summed E-state index contributed by atoms with van der Waals surface area (Å²) in [6, 6.07) is 2.64. The highest BCUT2D eigenvalue weighted by molar-refractivity contribution is 9.10. The van der Waals surface area contributed by atoms with Crippen LogP contribution in [0.15, 0.2) is 16.6 Å². The van der Waals surface area contributed by atoms with E-state index in [0.29, 0.717) is 28.1 Å². The number of fused-ring (bicyclic) bond motifs is 1. The smallest absolute Gasteiger partial charge is 0.325 e. The summed E-state index contributed by atoms with van der Waals surface area (Å²) in [5.41, 5.74) is 0.622. The van der Waals surface area contributed by atoms with Crippen LogP contribution in [0.3, 0.4) is 0 Å². The quantitative estimate of drug-likeness (QED) is 0.839. The van der Waals surface area contributed by atoms with Gasteiger partial charge in [0.05, 0.1) is 10.6 Å². The van der Waals surface area contributed by atoms with Gasteiger partial charge in [-0.25, -0.2) is 0 Å². The third-order valence-electron chi connectivity index (χ3n) is 3.60. The monoisotopic (exact) mass is 357 g/mol. The first kappa shape index (κ1) is 14.6. The maximum absolute atomic E-state index is 11.5. The summed E-state index contributed by atoms with van der Waals surface area (Å²) in [4.78, 5) is 11.5. The second kappa shape index (κ2) is 6.21. The lowest BCUT2D eigenvalue weighted by Crippen LogP contribution is -2.34. The number of ether oxygens (including phenoxy) is 3. The van der Waals surface area contributed by atoms with Gasteiger partial charge in [-0.2, -0.15) is 0 Å². The summed E-state index contributed by atoms with van der Waals surface area (Å²) < 4.78 is 16.8. The van der Waals surface area contributed by atoms with Gasteiger partial charge in [0, 0.05) is 13.2 Å². The lowest BCUT2D eigenvalue weighted by atomic mass is 10.1. The molecule has 114 valence electrons. The van der Waals surface area contributed by atoms with Crippen molar-refractivity contribution in [3.63, 3.8) is 0 Å². The van der Waals surface area contributed by atoms with Crippen LogP contribution >= 0.6 is 15.9 Å². The Labute approximate surface area is 130 Å². The minimum atomic E-state index is -0.932. The molecule has 0 radical (unpaired) electrons. The van der Waals surface area contributed by atoms with E-state index >= 15 is 0 Å². The Hall–Kier alpha value is -1.31. The lowest BCUT2D eigenvalue weighted by Gasteiger charge is -2.18. The zero-order valence-corrected chi connectivity index (χ0v) is 12.9. The van der Waals surface area contributed by atoms with Gasteiger partial charge in [-0.05, 0) is 46.5 Å². The van der Waals surface area contributed by atoms with Crippen LogP contribution in [0.5, 0.6) is 11.5 Å². The molecule has 2 unspecified atom stereocenters. The molecule has 2 N–H and O–H groups in total. The first-order valence-electron chi connectivity index (χ1n) is 6.82. The van der Waals surface area contributed by atoms with E-state index in [9.17, 15) is 9.90 Å². The molecule has 2 atom stereocenters. The molecular weight excluding hydrogens is 342 g/mol. The van der Waals surface area contributed by atoms with Crippen LogP contribution in [-0.4, -0.2) is 37.1 Å². The van der Waals surface area contributed by atoms with Crippen LogP contribution in [0.1, 0.15) is 24.4 Å². The van der Waals surface area contributed by atoms with Crippen LogP contribution in [-0.2, 0) is 9.53 Å². The molecule has 2 aliphatic heterocycles. The largest absolute Gasteiger partial charge is 0.480 e. The van der Waals surface area contributed by atoms with Crippen LogP contribution in [0.25, 0.3) is 0 Å². The number of hydrogen-bond acceptors (Lipinski definition) is 5. The maximum atomic E-state index is 11.5. The highest BCUT2D eigenvalue weighted by Crippen LogP contribution is 2.41. The standard InChI is InChI=1S/C14H16BrNO5/c15-10-4-8(5-11-13(10)21-7-20-11)12(14(17)18)16-6-9-2-1-3-19-9/h4-5,9,12,16H,1-3,6-7H2,(H,17,18). The van der Waals surface area contributed by atoms with Crippen molar-refractivity contribution >= 4 is 21.9 Å². The molecule has 2 aliphatic rings. The SMILES string of the molecule is O=C(O)C(NCC1CCCO1)c1cc(Br)c2c(c1)OCO2. The van der Waals surface area contributed by atoms with Crippen LogP contribution in [0.2, 0.25) is 0 Å². The molecule has 1 aromatic carbocycles. The van der Waals surface area contributed by atoms with Crippen molar-refractivity contribution in [2.75, 3.05) is 19.9 Å². The summed E-state index contributed by atoms with van der Waals surface area (Å²) in [5.74, 6) is 0.241. The molecular formula is C14H16BrNO5. The van der Waals surface area contributed by atoms with Crippen molar-refractivity contribution in [2.24, 2.45) is 0 Å². The molecule has 0 aliphatic carbocycles. The van der Waals surface area contributed by atoms with Crippen molar-refractivity contribution < 1.29 is 24.1 Å². The molecule has 1 aromatic rings. The first-order valence-corrected chi connectivity index (χ1v) is 7.61. The molecule has 0 bridgehead atoms. The van der Waals surface area contributed by atoms with Gasteiger partial charge in [-0.1, -0.05) is 0 Å². The van der Waals surface area contributed by atoms with Gasteiger partial charge in [-0.15, -0.1) is 0 Å². The number of hydrogen-bond donors (Lipinski definition) is 2. The Morgan fingerprint density at radius 2 is 2.33 bits per heavy atom.